The lowest BCUT2D eigenvalue weighted by atomic mass is 9.83. The van der Waals surface area contributed by atoms with Crippen LogP contribution < -0.4 is 14.8 Å². The quantitative estimate of drug-likeness (QED) is 0.791. The van der Waals surface area contributed by atoms with E-state index >= 15 is 0 Å². The average molecular weight is 367 g/mol. The van der Waals surface area contributed by atoms with Crippen LogP contribution in [0.1, 0.15) is 55.8 Å². The van der Waals surface area contributed by atoms with Crippen LogP contribution in [0.25, 0.3) is 0 Å². The summed E-state index contributed by atoms with van der Waals surface area (Å²) in [5, 5.41) is 3.16. The Bertz CT molecular complexity index is 811. The summed E-state index contributed by atoms with van der Waals surface area (Å²) in [5.41, 5.74) is 3.02. The van der Waals surface area contributed by atoms with Gasteiger partial charge in [0, 0.05) is 12.0 Å². The van der Waals surface area contributed by atoms with Gasteiger partial charge in [-0.15, -0.1) is 0 Å². The van der Waals surface area contributed by atoms with E-state index in [1.807, 2.05) is 56.3 Å². The number of amides is 1. The molecule has 1 heterocycles. The van der Waals surface area contributed by atoms with Gasteiger partial charge in [0.05, 0.1) is 6.04 Å². The zero-order valence-corrected chi connectivity index (χ0v) is 16.7. The monoisotopic (exact) mass is 367 g/mol. The van der Waals surface area contributed by atoms with E-state index < -0.39 is 0 Å². The standard InChI is InChI=1S/C23H29NO3/c1-5-23(6-2)14-19(18-11-7-8-12-21(18)27-23)24-22(25)15-26-20-13-9-10-16(3)17(20)4/h7-13,19H,5-6,14-15H2,1-4H3,(H,24,25)/t19-/m0/s1. The van der Waals surface area contributed by atoms with E-state index in [-0.39, 0.29) is 24.2 Å². The number of rotatable bonds is 6. The van der Waals surface area contributed by atoms with Crippen molar-refractivity contribution in [3.63, 3.8) is 0 Å². The van der Waals surface area contributed by atoms with Crippen molar-refractivity contribution in [1.82, 2.24) is 5.32 Å². The molecule has 1 aliphatic rings. The molecule has 1 N–H and O–H groups in total. The average Bonchev–Trinajstić information content (AvgIpc) is 2.69. The van der Waals surface area contributed by atoms with E-state index in [2.05, 4.69) is 19.2 Å². The molecule has 0 unspecified atom stereocenters. The first kappa shape index (κ1) is 19.3. The van der Waals surface area contributed by atoms with Crippen molar-refractivity contribution >= 4 is 5.91 Å². The fourth-order valence-electron chi connectivity index (χ4n) is 3.69. The van der Waals surface area contributed by atoms with Gasteiger partial charge in [0.1, 0.15) is 17.1 Å². The SMILES string of the molecule is CCC1(CC)C[C@H](NC(=O)COc2cccc(C)c2C)c2ccccc2O1. The first-order chi connectivity index (χ1) is 13.0. The van der Waals surface area contributed by atoms with Crippen molar-refractivity contribution in [2.24, 2.45) is 0 Å². The Kier molecular flexibility index (Phi) is 5.73. The maximum Gasteiger partial charge on any atom is 0.258 e. The predicted molar refractivity (Wildman–Crippen MR) is 107 cm³/mol. The fourth-order valence-corrected chi connectivity index (χ4v) is 3.69. The summed E-state index contributed by atoms with van der Waals surface area (Å²) >= 11 is 0. The van der Waals surface area contributed by atoms with Crippen LogP contribution in [0.2, 0.25) is 0 Å². The summed E-state index contributed by atoms with van der Waals surface area (Å²) in [5.74, 6) is 1.51. The number of ether oxygens (including phenoxy) is 2. The highest BCUT2D eigenvalue weighted by Crippen LogP contribution is 2.42. The van der Waals surface area contributed by atoms with Crippen molar-refractivity contribution in [3.05, 3.63) is 59.2 Å². The van der Waals surface area contributed by atoms with Gasteiger partial charge in [-0.2, -0.15) is 0 Å². The number of carbonyl (C=O) groups is 1. The zero-order valence-electron chi connectivity index (χ0n) is 16.7. The van der Waals surface area contributed by atoms with Crippen LogP contribution >= 0.6 is 0 Å². The van der Waals surface area contributed by atoms with Gasteiger partial charge in [0.2, 0.25) is 0 Å². The first-order valence-corrected chi connectivity index (χ1v) is 9.74. The number of benzene rings is 2. The summed E-state index contributed by atoms with van der Waals surface area (Å²) < 4.78 is 12.1. The molecule has 0 saturated carbocycles. The van der Waals surface area contributed by atoms with Crippen molar-refractivity contribution in [2.45, 2.75) is 58.6 Å². The van der Waals surface area contributed by atoms with E-state index in [1.54, 1.807) is 0 Å². The second-order valence-electron chi connectivity index (χ2n) is 7.34. The number of para-hydroxylation sites is 1. The van der Waals surface area contributed by atoms with Gasteiger partial charge in [-0.25, -0.2) is 0 Å². The molecule has 0 bridgehead atoms. The summed E-state index contributed by atoms with van der Waals surface area (Å²) in [6.07, 6.45) is 2.58. The lowest BCUT2D eigenvalue weighted by Crippen LogP contribution is -2.45. The third-order valence-electron chi connectivity index (χ3n) is 5.73. The number of hydrogen-bond acceptors (Lipinski definition) is 3. The van der Waals surface area contributed by atoms with Crippen LogP contribution in [0, 0.1) is 13.8 Å². The fraction of sp³-hybridized carbons (Fsp3) is 0.435. The Hall–Kier alpha value is -2.49. The molecule has 2 aromatic carbocycles. The molecule has 2 aromatic rings. The second-order valence-corrected chi connectivity index (χ2v) is 7.34. The summed E-state index contributed by atoms with van der Waals surface area (Å²) in [6, 6.07) is 13.8. The highest BCUT2D eigenvalue weighted by molar-refractivity contribution is 5.78. The molecule has 4 heteroatoms. The molecule has 0 saturated heterocycles. The minimum absolute atomic E-state index is 0.00900. The highest BCUT2D eigenvalue weighted by atomic mass is 16.5. The molecule has 0 aliphatic carbocycles. The van der Waals surface area contributed by atoms with Crippen LogP contribution in [-0.4, -0.2) is 18.1 Å². The molecule has 144 valence electrons. The lowest BCUT2D eigenvalue weighted by molar-refractivity contribution is -0.124. The molecule has 1 atom stereocenters. The van der Waals surface area contributed by atoms with Crippen LogP contribution in [-0.2, 0) is 4.79 Å². The first-order valence-electron chi connectivity index (χ1n) is 9.74. The number of hydrogen-bond donors (Lipinski definition) is 1. The second kappa shape index (κ2) is 8.03. The third kappa shape index (κ3) is 4.10. The minimum Gasteiger partial charge on any atom is -0.487 e. The van der Waals surface area contributed by atoms with Crippen molar-refractivity contribution in [3.8, 4) is 11.5 Å². The van der Waals surface area contributed by atoms with Crippen molar-refractivity contribution in [2.75, 3.05) is 6.61 Å². The van der Waals surface area contributed by atoms with Gasteiger partial charge in [0.25, 0.3) is 5.91 Å². The zero-order chi connectivity index (χ0) is 19.4. The summed E-state index contributed by atoms with van der Waals surface area (Å²) in [6.45, 7) is 8.33. The van der Waals surface area contributed by atoms with Gasteiger partial charge in [-0.1, -0.05) is 44.2 Å². The van der Waals surface area contributed by atoms with Gasteiger partial charge in [-0.05, 0) is 49.9 Å². The van der Waals surface area contributed by atoms with E-state index in [0.717, 1.165) is 47.5 Å². The van der Waals surface area contributed by atoms with E-state index in [1.165, 1.54) is 0 Å². The highest BCUT2D eigenvalue weighted by Gasteiger charge is 2.38. The Labute approximate surface area is 161 Å². The number of aryl methyl sites for hydroxylation is 1. The van der Waals surface area contributed by atoms with E-state index in [9.17, 15) is 4.79 Å². The van der Waals surface area contributed by atoms with E-state index in [4.69, 9.17) is 9.47 Å². The molecule has 0 spiro atoms. The molecule has 0 aromatic heterocycles. The molecule has 4 nitrogen and oxygen atoms in total. The molecule has 27 heavy (non-hydrogen) atoms. The van der Waals surface area contributed by atoms with Crippen molar-refractivity contribution in [1.29, 1.82) is 0 Å². The van der Waals surface area contributed by atoms with Gasteiger partial charge < -0.3 is 14.8 Å². The largest absolute Gasteiger partial charge is 0.487 e. The molecule has 3 rings (SSSR count). The number of carbonyl (C=O) groups excluding carboxylic acids is 1. The van der Waals surface area contributed by atoms with Crippen LogP contribution in [0.4, 0.5) is 0 Å². The van der Waals surface area contributed by atoms with Gasteiger partial charge in [-0.3, -0.25) is 4.79 Å². The molecule has 1 aliphatic heterocycles. The number of fused-ring (bicyclic) bond motifs is 1. The molecule has 0 fully saturated rings. The van der Waals surface area contributed by atoms with Crippen LogP contribution in [0.5, 0.6) is 11.5 Å². The number of nitrogens with one attached hydrogen (secondary N) is 1. The Balaban J connectivity index is 1.72. The topological polar surface area (TPSA) is 47.6 Å². The maximum absolute atomic E-state index is 12.6. The Morgan fingerprint density at radius 1 is 1.15 bits per heavy atom. The van der Waals surface area contributed by atoms with Gasteiger partial charge >= 0.3 is 0 Å². The molecular formula is C23H29NO3. The molecule has 0 radical (unpaired) electrons. The Morgan fingerprint density at radius 3 is 2.63 bits per heavy atom. The smallest absolute Gasteiger partial charge is 0.258 e. The summed E-state index contributed by atoms with van der Waals surface area (Å²) in [4.78, 5) is 12.6. The summed E-state index contributed by atoms with van der Waals surface area (Å²) in [7, 11) is 0. The Morgan fingerprint density at radius 2 is 1.89 bits per heavy atom. The third-order valence-corrected chi connectivity index (χ3v) is 5.73. The molecule has 1 amide bonds. The van der Waals surface area contributed by atoms with Crippen LogP contribution in [0.3, 0.4) is 0 Å². The van der Waals surface area contributed by atoms with E-state index in [0.29, 0.717) is 0 Å². The normalized spacial score (nSPS) is 17.6. The molecular weight excluding hydrogens is 338 g/mol. The predicted octanol–water partition coefficient (Wildman–Crippen LogP) is 4.88. The minimum atomic E-state index is -0.236. The van der Waals surface area contributed by atoms with Gasteiger partial charge in [0.15, 0.2) is 6.61 Å². The van der Waals surface area contributed by atoms with Crippen LogP contribution in [0.15, 0.2) is 42.5 Å². The lowest BCUT2D eigenvalue weighted by Gasteiger charge is -2.41. The maximum atomic E-state index is 12.6. The van der Waals surface area contributed by atoms with Crippen molar-refractivity contribution < 1.29 is 14.3 Å².